The lowest BCUT2D eigenvalue weighted by Crippen LogP contribution is -2.49. The molecule has 7 heteroatoms. The molecule has 1 heterocycles. The Kier molecular flexibility index (Phi) is 4.56. The largest absolute Gasteiger partial charge is 0.377 e. The maximum absolute atomic E-state index is 13.7. The molecule has 1 saturated heterocycles. The first-order valence-electron chi connectivity index (χ1n) is 5.40. The van der Waals surface area contributed by atoms with Crippen LogP contribution < -0.4 is 5.32 Å². The van der Waals surface area contributed by atoms with Crippen LogP contribution in [0.5, 0.6) is 0 Å². The molecule has 2 unspecified atom stereocenters. The standard InChI is InChI=1S/C10H17FN4O2/c1-7(10(5-12)15(16)17)13-9-3-4-14(2)6-8(9)11/h5,8-9,12-13H,3-4,6H2,1-2H3/b10-7+,12-5?. The molecule has 2 N–H and O–H groups in total. The van der Waals surface area contributed by atoms with Gasteiger partial charge < -0.3 is 15.6 Å². The summed E-state index contributed by atoms with van der Waals surface area (Å²) in [5, 5.41) is 20.4. The summed E-state index contributed by atoms with van der Waals surface area (Å²) >= 11 is 0. The fourth-order valence-corrected chi connectivity index (χ4v) is 1.87. The summed E-state index contributed by atoms with van der Waals surface area (Å²) in [7, 11) is 1.84. The van der Waals surface area contributed by atoms with Gasteiger partial charge in [-0.05, 0) is 20.4 Å². The van der Waals surface area contributed by atoms with Crippen molar-refractivity contribution in [1.29, 1.82) is 5.41 Å². The Morgan fingerprint density at radius 3 is 2.82 bits per heavy atom. The van der Waals surface area contributed by atoms with Crippen LogP contribution in [0.15, 0.2) is 11.4 Å². The summed E-state index contributed by atoms with van der Waals surface area (Å²) in [4.78, 5) is 11.8. The second-order valence-electron chi connectivity index (χ2n) is 4.23. The summed E-state index contributed by atoms with van der Waals surface area (Å²) in [6.07, 6.45) is 0.213. The van der Waals surface area contributed by atoms with E-state index in [1.54, 1.807) is 0 Å². The number of hydrogen-bond acceptors (Lipinski definition) is 5. The van der Waals surface area contributed by atoms with E-state index in [1.165, 1.54) is 6.92 Å². The van der Waals surface area contributed by atoms with E-state index in [1.807, 2.05) is 11.9 Å². The van der Waals surface area contributed by atoms with E-state index in [-0.39, 0.29) is 11.4 Å². The van der Waals surface area contributed by atoms with Gasteiger partial charge in [0.1, 0.15) is 6.17 Å². The third-order valence-corrected chi connectivity index (χ3v) is 2.86. The van der Waals surface area contributed by atoms with Gasteiger partial charge in [-0.15, -0.1) is 0 Å². The molecule has 0 aliphatic carbocycles. The summed E-state index contributed by atoms with van der Waals surface area (Å²) in [5.41, 5.74) is -0.0849. The van der Waals surface area contributed by atoms with Crippen molar-refractivity contribution < 1.29 is 9.31 Å². The number of alkyl halides is 1. The van der Waals surface area contributed by atoms with Crippen LogP contribution in [0.1, 0.15) is 13.3 Å². The average molecular weight is 244 g/mol. The molecule has 1 aliphatic heterocycles. The highest BCUT2D eigenvalue weighted by molar-refractivity contribution is 5.73. The summed E-state index contributed by atoms with van der Waals surface area (Å²) in [6, 6.07) is -0.416. The Morgan fingerprint density at radius 1 is 1.71 bits per heavy atom. The molecular formula is C10H17FN4O2. The number of nitrogens with one attached hydrogen (secondary N) is 2. The first kappa shape index (κ1) is 13.6. The van der Waals surface area contributed by atoms with Crippen molar-refractivity contribution in [3.63, 3.8) is 0 Å². The maximum Gasteiger partial charge on any atom is 0.305 e. The normalized spacial score (nSPS) is 27.2. The zero-order valence-electron chi connectivity index (χ0n) is 9.94. The fraction of sp³-hybridized carbons (Fsp3) is 0.700. The minimum Gasteiger partial charge on any atom is -0.377 e. The van der Waals surface area contributed by atoms with Crippen molar-refractivity contribution in [3.05, 3.63) is 21.5 Å². The van der Waals surface area contributed by atoms with Gasteiger partial charge in [-0.25, -0.2) is 4.39 Å². The van der Waals surface area contributed by atoms with Crippen LogP contribution >= 0.6 is 0 Å². The second-order valence-corrected chi connectivity index (χ2v) is 4.23. The van der Waals surface area contributed by atoms with Gasteiger partial charge in [0, 0.05) is 13.1 Å². The van der Waals surface area contributed by atoms with Gasteiger partial charge in [-0.2, -0.15) is 0 Å². The summed E-state index contributed by atoms with van der Waals surface area (Å²) in [5.74, 6) is 0. The van der Waals surface area contributed by atoms with E-state index in [4.69, 9.17) is 5.41 Å². The lowest BCUT2D eigenvalue weighted by atomic mass is 10.0. The molecule has 1 fully saturated rings. The predicted octanol–water partition coefficient (Wildman–Crippen LogP) is 0.776. The van der Waals surface area contributed by atoms with Crippen LogP contribution in [-0.4, -0.2) is 48.4 Å². The molecular weight excluding hydrogens is 227 g/mol. The summed E-state index contributed by atoms with van der Waals surface area (Å²) < 4.78 is 13.7. The zero-order valence-corrected chi connectivity index (χ0v) is 9.94. The van der Waals surface area contributed by atoms with Crippen molar-refractivity contribution in [2.24, 2.45) is 0 Å². The molecule has 1 aliphatic rings. The van der Waals surface area contributed by atoms with Crippen molar-refractivity contribution in [3.8, 4) is 0 Å². The van der Waals surface area contributed by atoms with Crippen LogP contribution in [0.25, 0.3) is 0 Å². The Morgan fingerprint density at radius 2 is 2.35 bits per heavy atom. The lowest BCUT2D eigenvalue weighted by Gasteiger charge is -2.33. The first-order chi connectivity index (χ1) is 7.95. The van der Waals surface area contributed by atoms with E-state index in [9.17, 15) is 14.5 Å². The quantitative estimate of drug-likeness (QED) is 0.435. The van der Waals surface area contributed by atoms with Crippen molar-refractivity contribution in [1.82, 2.24) is 10.2 Å². The van der Waals surface area contributed by atoms with Crippen LogP contribution in [0.3, 0.4) is 0 Å². The van der Waals surface area contributed by atoms with Gasteiger partial charge in [0.15, 0.2) is 0 Å². The predicted molar refractivity (Wildman–Crippen MR) is 62.4 cm³/mol. The molecule has 0 saturated carbocycles. The lowest BCUT2D eigenvalue weighted by molar-refractivity contribution is -0.415. The smallest absolute Gasteiger partial charge is 0.305 e. The molecule has 17 heavy (non-hydrogen) atoms. The van der Waals surface area contributed by atoms with Crippen LogP contribution in [0, 0.1) is 15.5 Å². The molecule has 6 nitrogen and oxygen atoms in total. The van der Waals surface area contributed by atoms with Crippen molar-refractivity contribution >= 4 is 6.21 Å². The number of piperidine rings is 1. The molecule has 0 aromatic carbocycles. The number of likely N-dealkylation sites (tertiary alicyclic amines) is 1. The van der Waals surface area contributed by atoms with Crippen LogP contribution in [-0.2, 0) is 0 Å². The molecule has 0 spiro atoms. The number of nitro groups is 1. The molecule has 0 bridgehead atoms. The highest BCUT2D eigenvalue weighted by Gasteiger charge is 2.28. The van der Waals surface area contributed by atoms with Crippen molar-refractivity contribution in [2.45, 2.75) is 25.6 Å². The number of rotatable bonds is 4. The number of allylic oxidation sites excluding steroid dienone is 2. The van der Waals surface area contributed by atoms with Gasteiger partial charge >= 0.3 is 5.70 Å². The highest BCUT2D eigenvalue weighted by Crippen LogP contribution is 2.14. The van der Waals surface area contributed by atoms with E-state index in [2.05, 4.69) is 5.32 Å². The first-order valence-corrected chi connectivity index (χ1v) is 5.40. The number of halogens is 1. The SMILES string of the molecule is C/C(NC1CCN(C)CC1F)=C(/C=N)[N+](=O)[O-]. The van der Waals surface area contributed by atoms with Crippen LogP contribution in [0.4, 0.5) is 4.39 Å². The Bertz CT molecular complexity index is 345. The number of hydrogen-bond donors (Lipinski definition) is 2. The van der Waals surface area contributed by atoms with Gasteiger partial charge in [-0.1, -0.05) is 0 Å². The summed E-state index contributed by atoms with van der Waals surface area (Å²) in [6.45, 7) is 2.57. The Balaban J connectivity index is 2.71. The monoisotopic (exact) mass is 244 g/mol. The zero-order chi connectivity index (χ0) is 13.0. The van der Waals surface area contributed by atoms with Crippen molar-refractivity contribution in [2.75, 3.05) is 20.1 Å². The highest BCUT2D eigenvalue weighted by atomic mass is 19.1. The van der Waals surface area contributed by atoms with Gasteiger partial charge in [0.05, 0.1) is 22.9 Å². The maximum atomic E-state index is 13.7. The molecule has 0 aromatic rings. The van der Waals surface area contributed by atoms with Gasteiger partial charge in [-0.3, -0.25) is 10.1 Å². The van der Waals surface area contributed by atoms with Crippen LogP contribution in [0.2, 0.25) is 0 Å². The molecule has 2 atom stereocenters. The molecule has 96 valence electrons. The fourth-order valence-electron chi connectivity index (χ4n) is 1.87. The minimum absolute atomic E-state index is 0.238. The van der Waals surface area contributed by atoms with E-state index in [0.717, 1.165) is 6.54 Å². The van der Waals surface area contributed by atoms with Gasteiger partial charge in [0.25, 0.3) is 0 Å². The minimum atomic E-state index is -1.05. The second kappa shape index (κ2) is 5.72. The molecule has 0 amide bonds. The number of nitrogens with zero attached hydrogens (tertiary/aromatic N) is 2. The van der Waals surface area contributed by atoms with E-state index in [0.29, 0.717) is 19.2 Å². The topological polar surface area (TPSA) is 82.3 Å². The molecule has 0 radical (unpaired) electrons. The third-order valence-electron chi connectivity index (χ3n) is 2.86. The van der Waals surface area contributed by atoms with E-state index < -0.39 is 17.1 Å². The Hall–Kier alpha value is -1.50. The Labute approximate surface area is 99.1 Å². The van der Waals surface area contributed by atoms with E-state index >= 15 is 0 Å². The third kappa shape index (κ3) is 3.48. The van der Waals surface area contributed by atoms with Gasteiger partial charge in [0.2, 0.25) is 0 Å². The average Bonchev–Trinajstić information content (AvgIpc) is 2.22. The molecule has 1 rings (SSSR count). The molecule has 0 aromatic heterocycles.